The van der Waals surface area contributed by atoms with E-state index in [1.807, 2.05) is 6.92 Å². The molecule has 5 heteroatoms. The van der Waals surface area contributed by atoms with Gasteiger partial charge in [0.2, 0.25) is 0 Å². The Labute approximate surface area is 112 Å². The second-order valence-corrected chi connectivity index (χ2v) is 5.08. The number of hydrogen-bond acceptors (Lipinski definition) is 3. The maximum absolute atomic E-state index is 12.3. The molecule has 1 aromatic carbocycles. The van der Waals surface area contributed by atoms with E-state index in [9.17, 15) is 9.59 Å². The summed E-state index contributed by atoms with van der Waals surface area (Å²) in [5.74, 6) is -0.782. The van der Waals surface area contributed by atoms with E-state index in [0.29, 0.717) is 24.3 Å². The number of rotatable bonds is 3. The second-order valence-electron chi connectivity index (χ2n) is 5.08. The van der Waals surface area contributed by atoms with Crippen LogP contribution < -0.4 is 5.73 Å². The molecule has 1 saturated heterocycles. The van der Waals surface area contributed by atoms with Crippen LogP contribution in [0.15, 0.2) is 18.2 Å². The average molecular weight is 262 g/mol. The first-order chi connectivity index (χ1) is 8.97. The van der Waals surface area contributed by atoms with Gasteiger partial charge >= 0.3 is 5.97 Å². The smallest absolute Gasteiger partial charge is 0.303 e. The van der Waals surface area contributed by atoms with Crippen LogP contribution in [0.4, 0.5) is 5.69 Å². The van der Waals surface area contributed by atoms with Crippen molar-refractivity contribution in [3.05, 3.63) is 29.3 Å². The van der Waals surface area contributed by atoms with E-state index >= 15 is 0 Å². The zero-order valence-corrected chi connectivity index (χ0v) is 10.9. The molecule has 102 valence electrons. The van der Waals surface area contributed by atoms with Crippen LogP contribution in [0.3, 0.4) is 0 Å². The summed E-state index contributed by atoms with van der Waals surface area (Å²) in [5.41, 5.74) is 7.89. The summed E-state index contributed by atoms with van der Waals surface area (Å²) in [6, 6.07) is 5.23. The van der Waals surface area contributed by atoms with Crippen LogP contribution >= 0.6 is 0 Å². The van der Waals surface area contributed by atoms with Crippen LogP contribution in [-0.2, 0) is 4.79 Å². The number of nitrogens with zero attached hydrogens (tertiary/aromatic N) is 1. The van der Waals surface area contributed by atoms with Gasteiger partial charge in [0.05, 0.1) is 0 Å². The van der Waals surface area contributed by atoms with E-state index in [4.69, 9.17) is 10.8 Å². The minimum Gasteiger partial charge on any atom is -0.481 e. The number of aliphatic carboxylic acids is 1. The third-order valence-electron chi connectivity index (χ3n) is 3.55. The van der Waals surface area contributed by atoms with E-state index in [1.165, 1.54) is 0 Å². The number of nitrogen functional groups attached to an aromatic ring is 1. The Morgan fingerprint density at radius 2 is 2.21 bits per heavy atom. The zero-order valence-electron chi connectivity index (χ0n) is 10.9. The number of carbonyl (C=O) groups excluding carboxylic acids is 1. The molecule has 0 aromatic heterocycles. The number of carboxylic acid groups (broad SMARTS) is 1. The molecule has 0 radical (unpaired) electrons. The van der Waals surface area contributed by atoms with Gasteiger partial charge in [0.1, 0.15) is 0 Å². The summed E-state index contributed by atoms with van der Waals surface area (Å²) in [7, 11) is 0. The lowest BCUT2D eigenvalue weighted by molar-refractivity contribution is -0.138. The number of aryl methyl sites for hydroxylation is 1. The molecule has 1 fully saturated rings. The van der Waals surface area contributed by atoms with Crippen LogP contribution in [0.1, 0.15) is 28.8 Å². The highest BCUT2D eigenvalue weighted by atomic mass is 16.4. The predicted octanol–water partition coefficient (Wildman–Crippen LogP) is 1.51. The van der Waals surface area contributed by atoms with Crippen molar-refractivity contribution in [1.29, 1.82) is 0 Å². The molecule has 0 bridgehead atoms. The molecule has 19 heavy (non-hydrogen) atoms. The molecule has 5 nitrogen and oxygen atoms in total. The van der Waals surface area contributed by atoms with E-state index in [-0.39, 0.29) is 18.2 Å². The molecule has 0 aliphatic carbocycles. The van der Waals surface area contributed by atoms with E-state index in [2.05, 4.69) is 0 Å². The predicted molar refractivity (Wildman–Crippen MR) is 71.9 cm³/mol. The van der Waals surface area contributed by atoms with Crippen LogP contribution in [0.25, 0.3) is 0 Å². The van der Waals surface area contributed by atoms with Crippen molar-refractivity contribution in [2.45, 2.75) is 19.8 Å². The number of hydrogen-bond donors (Lipinski definition) is 2. The Morgan fingerprint density at radius 3 is 2.84 bits per heavy atom. The first-order valence-corrected chi connectivity index (χ1v) is 6.34. The normalized spacial score (nSPS) is 18.6. The number of nitrogens with two attached hydrogens (primary N) is 1. The number of carboxylic acids is 1. The summed E-state index contributed by atoms with van der Waals surface area (Å²) >= 11 is 0. The van der Waals surface area contributed by atoms with E-state index < -0.39 is 5.97 Å². The SMILES string of the molecule is Cc1cc(C(=O)N2CCC(CC(=O)O)C2)ccc1N. The molecular formula is C14H18N2O3. The minimum absolute atomic E-state index is 0.0454. The topological polar surface area (TPSA) is 83.6 Å². The molecule has 1 aromatic rings. The highest BCUT2D eigenvalue weighted by Gasteiger charge is 2.28. The molecule has 0 saturated carbocycles. The minimum atomic E-state index is -0.803. The molecule has 1 heterocycles. The molecule has 3 N–H and O–H groups in total. The molecule has 1 atom stereocenters. The fraction of sp³-hybridized carbons (Fsp3) is 0.429. The highest BCUT2D eigenvalue weighted by molar-refractivity contribution is 5.95. The van der Waals surface area contributed by atoms with Gasteiger partial charge in [-0.05, 0) is 43.0 Å². The van der Waals surface area contributed by atoms with Crippen molar-refractivity contribution in [3.63, 3.8) is 0 Å². The summed E-state index contributed by atoms with van der Waals surface area (Å²) in [5, 5.41) is 8.77. The largest absolute Gasteiger partial charge is 0.481 e. The summed E-state index contributed by atoms with van der Waals surface area (Å²) in [6.45, 7) is 3.01. The first-order valence-electron chi connectivity index (χ1n) is 6.34. The zero-order chi connectivity index (χ0) is 14.0. The van der Waals surface area contributed by atoms with Gasteiger partial charge in [-0.2, -0.15) is 0 Å². The fourth-order valence-corrected chi connectivity index (χ4v) is 2.42. The van der Waals surface area contributed by atoms with Crippen LogP contribution in [0.5, 0.6) is 0 Å². The van der Waals surface area contributed by atoms with Crippen molar-refractivity contribution < 1.29 is 14.7 Å². The summed E-state index contributed by atoms with van der Waals surface area (Å²) in [6.07, 6.45) is 0.885. The van der Waals surface area contributed by atoms with Gasteiger partial charge in [-0.1, -0.05) is 0 Å². The lowest BCUT2D eigenvalue weighted by atomic mass is 10.1. The molecule has 1 unspecified atom stereocenters. The Balaban J connectivity index is 2.04. The van der Waals surface area contributed by atoms with Crippen LogP contribution in [0.2, 0.25) is 0 Å². The van der Waals surface area contributed by atoms with Crippen molar-refractivity contribution in [3.8, 4) is 0 Å². The maximum atomic E-state index is 12.3. The Bertz CT molecular complexity index is 513. The van der Waals surface area contributed by atoms with Crippen molar-refractivity contribution in [2.24, 2.45) is 5.92 Å². The highest BCUT2D eigenvalue weighted by Crippen LogP contribution is 2.22. The quantitative estimate of drug-likeness (QED) is 0.809. The summed E-state index contributed by atoms with van der Waals surface area (Å²) in [4.78, 5) is 24.7. The lowest BCUT2D eigenvalue weighted by Gasteiger charge is -2.17. The molecule has 1 amide bonds. The van der Waals surface area contributed by atoms with E-state index in [1.54, 1.807) is 23.1 Å². The molecular weight excluding hydrogens is 244 g/mol. The van der Waals surface area contributed by atoms with E-state index in [0.717, 1.165) is 12.0 Å². The number of carbonyl (C=O) groups is 2. The van der Waals surface area contributed by atoms with Crippen LogP contribution in [0, 0.1) is 12.8 Å². The number of benzene rings is 1. The second kappa shape index (κ2) is 5.30. The molecule has 1 aliphatic heterocycles. The maximum Gasteiger partial charge on any atom is 0.303 e. The standard InChI is InChI=1S/C14H18N2O3/c1-9-6-11(2-3-12(9)15)14(19)16-5-4-10(8-16)7-13(17)18/h2-3,6,10H,4-5,7-8,15H2,1H3,(H,17,18). The Kier molecular flexibility index (Phi) is 3.74. The number of amides is 1. The molecule has 1 aliphatic rings. The first kappa shape index (κ1) is 13.4. The third-order valence-corrected chi connectivity index (χ3v) is 3.55. The van der Waals surface area contributed by atoms with Gasteiger partial charge in [0.25, 0.3) is 5.91 Å². The molecule has 2 rings (SSSR count). The van der Waals surface area contributed by atoms with Crippen molar-refractivity contribution in [2.75, 3.05) is 18.8 Å². The van der Waals surface area contributed by atoms with Gasteiger partial charge < -0.3 is 15.7 Å². The average Bonchev–Trinajstić information content (AvgIpc) is 2.79. The monoisotopic (exact) mass is 262 g/mol. The Hall–Kier alpha value is -2.04. The number of likely N-dealkylation sites (tertiary alicyclic amines) is 1. The van der Waals surface area contributed by atoms with Gasteiger partial charge in [-0.15, -0.1) is 0 Å². The van der Waals surface area contributed by atoms with Gasteiger partial charge in [-0.3, -0.25) is 9.59 Å². The Morgan fingerprint density at radius 1 is 1.47 bits per heavy atom. The van der Waals surface area contributed by atoms with Gasteiger partial charge in [-0.25, -0.2) is 0 Å². The van der Waals surface area contributed by atoms with Crippen molar-refractivity contribution >= 4 is 17.6 Å². The van der Waals surface area contributed by atoms with Gasteiger partial charge in [0.15, 0.2) is 0 Å². The third kappa shape index (κ3) is 3.05. The summed E-state index contributed by atoms with van der Waals surface area (Å²) < 4.78 is 0. The number of anilines is 1. The molecule has 0 spiro atoms. The fourth-order valence-electron chi connectivity index (χ4n) is 2.42. The lowest BCUT2D eigenvalue weighted by Crippen LogP contribution is -2.29. The van der Waals surface area contributed by atoms with Crippen molar-refractivity contribution in [1.82, 2.24) is 4.90 Å². The van der Waals surface area contributed by atoms with Gasteiger partial charge in [0, 0.05) is 30.8 Å². The van der Waals surface area contributed by atoms with Crippen LogP contribution in [-0.4, -0.2) is 35.0 Å².